The second kappa shape index (κ2) is 7.48. The highest BCUT2D eigenvalue weighted by Crippen LogP contribution is 2.32. The molecule has 0 N–H and O–H groups in total. The molecule has 0 aromatic heterocycles. The van der Waals surface area contributed by atoms with Crippen LogP contribution in [0.5, 0.6) is 0 Å². The first-order chi connectivity index (χ1) is 11.2. The van der Waals surface area contributed by atoms with E-state index in [0.717, 1.165) is 19.5 Å². The van der Waals surface area contributed by atoms with E-state index in [4.69, 9.17) is 0 Å². The van der Waals surface area contributed by atoms with Gasteiger partial charge in [0.15, 0.2) is 0 Å². The number of carbonyl (C=O) groups is 1. The summed E-state index contributed by atoms with van der Waals surface area (Å²) in [5.41, 5.74) is 1.44. The molecule has 2 aliphatic rings. The van der Waals surface area contributed by atoms with Crippen molar-refractivity contribution in [2.24, 2.45) is 0 Å². The van der Waals surface area contributed by atoms with Gasteiger partial charge in [0.25, 0.3) is 0 Å². The molecule has 2 saturated heterocycles. The quantitative estimate of drug-likeness (QED) is 0.828. The summed E-state index contributed by atoms with van der Waals surface area (Å²) >= 11 is 0. The first-order valence-electron chi connectivity index (χ1n) is 9.27. The molecule has 3 rings (SSSR count). The molecule has 1 amide bonds. The Labute approximate surface area is 140 Å². The van der Waals surface area contributed by atoms with Gasteiger partial charge in [0.1, 0.15) is 0 Å². The van der Waals surface area contributed by atoms with Gasteiger partial charge in [0, 0.05) is 31.6 Å². The third kappa shape index (κ3) is 3.77. The number of hydrogen-bond acceptors (Lipinski definition) is 2. The van der Waals surface area contributed by atoms with E-state index >= 15 is 0 Å². The fourth-order valence-electron chi connectivity index (χ4n) is 4.28. The van der Waals surface area contributed by atoms with Gasteiger partial charge in [-0.1, -0.05) is 44.2 Å². The van der Waals surface area contributed by atoms with Crippen molar-refractivity contribution in [3.05, 3.63) is 35.9 Å². The molecule has 2 aliphatic heterocycles. The van der Waals surface area contributed by atoms with Crippen molar-refractivity contribution < 1.29 is 4.79 Å². The first kappa shape index (κ1) is 16.5. The fourth-order valence-corrected chi connectivity index (χ4v) is 4.28. The van der Waals surface area contributed by atoms with E-state index in [0.29, 0.717) is 30.3 Å². The Balaban J connectivity index is 1.59. The van der Waals surface area contributed by atoms with E-state index in [1.54, 1.807) is 0 Å². The van der Waals surface area contributed by atoms with Crippen molar-refractivity contribution in [1.82, 2.24) is 9.80 Å². The zero-order chi connectivity index (χ0) is 16.2. The Kier molecular flexibility index (Phi) is 5.37. The Morgan fingerprint density at radius 1 is 1.17 bits per heavy atom. The Bertz CT molecular complexity index is 516. The monoisotopic (exact) mass is 314 g/mol. The Morgan fingerprint density at radius 3 is 2.65 bits per heavy atom. The van der Waals surface area contributed by atoms with Gasteiger partial charge in [0.2, 0.25) is 5.91 Å². The maximum atomic E-state index is 12.1. The van der Waals surface area contributed by atoms with E-state index in [2.05, 4.69) is 47.1 Å². The average Bonchev–Trinajstić information content (AvgIpc) is 2.86. The number of likely N-dealkylation sites (tertiary alicyclic amines) is 1. The second-order valence-corrected chi connectivity index (χ2v) is 7.21. The lowest BCUT2D eigenvalue weighted by atomic mass is 9.97. The predicted molar refractivity (Wildman–Crippen MR) is 94.5 cm³/mol. The minimum atomic E-state index is 0.329. The predicted octanol–water partition coefficient (Wildman–Crippen LogP) is 3.66. The van der Waals surface area contributed by atoms with Crippen molar-refractivity contribution >= 4 is 5.91 Å². The number of amides is 1. The smallest absolute Gasteiger partial charge is 0.222 e. The highest BCUT2D eigenvalue weighted by atomic mass is 16.2. The zero-order valence-electron chi connectivity index (χ0n) is 14.6. The Morgan fingerprint density at radius 2 is 1.91 bits per heavy atom. The number of carbonyl (C=O) groups excluding carboxylic acids is 1. The third-order valence-corrected chi connectivity index (χ3v) is 5.78. The fraction of sp³-hybridized carbons (Fsp3) is 0.650. The van der Waals surface area contributed by atoms with Gasteiger partial charge in [0.05, 0.1) is 0 Å². The molecule has 2 bridgehead atoms. The molecule has 2 fully saturated rings. The van der Waals surface area contributed by atoms with E-state index in [9.17, 15) is 4.79 Å². The summed E-state index contributed by atoms with van der Waals surface area (Å²) in [5.74, 6) is 0.933. The molecule has 2 heterocycles. The van der Waals surface area contributed by atoms with Gasteiger partial charge in [-0.3, -0.25) is 9.69 Å². The van der Waals surface area contributed by atoms with Crippen molar-refractivity contribution in [2.45, 2.75) is 64.0 Å². The molecule has 1 aromatic rings. The highest BCUT2D eigenvalue weighted by molar-refractivity contribution is 5.75. The molecule has 0 radical (unpaired) electrons. The van der Waals surface area contributed by atoms with Crippen LogP contribution < -0.4 is 0 Å². The van der Waals surface area contributed by atoms with Gasteiger partial charge in [-0.2, -0.15) is 0 Å². The third-order valence-electron chi connectivity index (χ3n) is 5.78. The van der Waals surface area contributed by atoms with E-state index in [-0.39, 0.29) is 0 Å². The maximum Gasteiger partial charge on any atom is 0.222 e. The summed E-state index contributed by atoms with van der Waals surface area (Å²) in [6, 6.07) is 12.1. The van der Waals surface area contributed by atoms with Gasteiger partial charge in [-0.05, 0) is 43.7 Å². The summed E-state index contributed by atoms with van der Waals surface area (Å²) in [7, 11) is 0. The summed E-state index contributed by atoms with van der Waals surface area (Å²) in [6.45, 7) is 7.38. The number of benzene rings is 1. The van der Waals surface area contributed by atoms with Crippen molar-refractivity contribution in [3.63, 3.8) is 0 Å². The van der Waals surface area contributed by atoms with E-state index < -0.39 is 0 Å². The topological polar surface area (TPSA) is 23.6 Å². The molecular weight excluding hydrogens is 284 g/mol. The van der Waals surface area contributed by atoms with Gasteiger partial charge >= 0.3 is 0 Å². The van der Waals surface area contributed by atoms with Crippen LogP contribution in [0, 0.1) is 0 Å². The molecule has 3 heteroatoms. The number of fused-ring (bicyclic) bond motifs is 2. The number of nitrogens with zero attached hydrogens (tertiary/aromatic N) is 2. The minimum Gasteiger partial charge on any atom is -0.341 e. The summed E-state index contributed by atoms with van der Waals surface area (Å²) in [5, 5.41) is 0. The van der Waals surface area contributed by atoms with Crippen LogP contribution in [0.1, 0.15) is 57.4 Å². The van der Waals surface area contributed by atoms with Crippen molar-refractivity contribution in [2.75, 3.05) is 19.6 Å². The molecule has 0 saturated carbocycles. The van der Waals surface area contributed by atoms with Crippen LogP contribution in [0.3, 0.4) is 0 Å². The summed E-state index contributed by atoms with van der Waals surface area (Å²) < 4.78 is 0. The SMILES string of the molecule is CCC(=O)N1CCC2CCC(C1)N2CCC(C)c1ccccc1. The largest absolute Gasteiger partial charge is 0.341 e. The molecule has 3 unspecified atom stereocenters. The first-order valence-corrected chi connectivity index (χ1v) is 9.27. The lowest BCUT2D eigenvalue weighted by Gasteiger charge is -2.29. The number of rotatable bonds is 5. The van der Waals surface area contributed by atoms with Gasteiger partial charge in [-0.25, -0.2) is 0 Å². The van der Waals surface area contributed by atoms with Crippen LogP contribution in [-0.2, 0) is 4.79 Å². The normalized spacial score (nSPS) is 26.1. The van der Waals surface area contributed by atoms with Crippen LogP contribution in [0.15, 0.2) is 30.3 Å². The van der Waals surface area contributed by atoms with Crippen molar-refractivity contribution in [1.29, 1.82) is 0 Å². The molecule has 23 heavy (non-hydrogen) atoms. The molecule has 3 atom stereocenters. The molecule has 126 valence electrons. The summed E-state index contributed by atoms with van der Waals surface area (Å²) in [6.07, 6.45) is 5.58. The van der Waals surface area contributed by atoms with Crippen LogP contribution >= 0.6 is 0 Å². The lowest BCUT2D eigenvalue weighted by molar-refractivity contribution is -0.131. The van der Waals surface area contributed by atoms with Crippen LogP contribution in [-0.4, -0.2) is 47.4 Å². The molecule has 0 aliphatic carbocycles. The minimum absolute atomic E-state index is 0.329. The molecular formula is C20H30N2O. The molecule has 3 nitrogen and oxygen atoms in total. The molecule has 1 aromatic carbocycles. The zero-order valence-corrected chi connectivity index (χ0v) is 14.6. The second-order valence-electron chi connectivity index (χ2n) is 7.21. The van der Waals surface area contributed by atoms with Gasteiger partial charge in [-0.15, -0.1) is 0 Å². The van der Waals surface area contributed by atoms with Crippen LogP contribution in [0.25, 0.3) is 0 Å². The van der Waals surface area contributed by atoms with E-state index in [1.165, 1.54) is 31.4 Å². The van der Waals surface area contributed by atoms with Gasteiger partial charge < -0.3 is 4.90 Å². The lowest BCUT2D eigenvalue weighted by Crippen LogP contribution is -2.41. The standard InChI is InChI=1S/C20H30N2O/c1-3-20(23)21-13-12-18-9-10-19(15-21)22(18)14-11-16(2)17-7-5-4-6-8-17/h4-8,16,18-19H,3,9-15H2,1-2H3. The van der Waals surface area contributed by atoms with Crippen molar-refractivity contribution in [3.8, 4) is 0 Å². The Hall–Kier alpha value is -1.35. The van der Waals surface area contributed by atoms with E-state index in [1.807, 2.05) is 6.92 Å². The number of hydrogen-bond donors (Lipinski definition) is 0. The average molecular weight is 314 g/mol. The molecule has 0 spiro atoms. The highest BCUT2D eigenvalue weighted by Gasteiger charge is 2.37. The van der Waals surface area contributed by atoms with Crippen LogP contribution in [0.4, 0.5) is 0 Å². The van der Waals surface area contributed by atoms with Crippen LogP contribution in [0.2, 0.25) is 0 Å². The summed E-state index contributed by atoms with van der Waals surface area (Å²) in [4.78, 5) is 16.9. The maximum absolute atomic E-state index is 12.1.